The minimum absolute atomic E-state index is 0. The zero-order chi connectivity index (χ0) is 19.9. The molecular formula is C20H13F2IrN5O-2. The summed E-state index contributed by atoms with van der Waals surface area (Å²) in [6, 6.07) is 17.5. The molecule has 4 aromatic rings. The molecule has 0 aliphatic heterocycles. The van der Waals surface area contributed by atoms with Crippen LogP contribution in [0.15, 0.2) is 71.3 Å². The molecule has 0 amide bonds. The van der Waals surface area contributed by atoms with Crippen LogP contribution in [0, 0.1) is 23.1 Å². The van der Waals surface area contributed by atoms with E-state index in [-0.39, 0.29) is 49.4 Å². The molecule has 2 N–H and O–H groups in total. The molecule has 0 saturated heterocycles. The van der Waals surface area contributed by atoms with E-state index >= 15 is 0 Å². The van der Waals surface area contributed by atoms with E-state index < -0.39 is 0 Å². The minimum atomic E-state index is -0.387. The van der Waals surface area contributed by atoms with E-state index in [1.54, 1.807) is 36.5 Å². The molecule has 0 atom stereocenters. The van der Waals surface area contributed by atoms with E-state index in [9.17, 15) is 8.78 Å². The van der Waals surface area contributed by atoms with E-state index in [1.165, 1.54) is 30.3 Å². The van der Waals surface area contributed by atoms with E-state index in [1.807, 2.05) is 0 Å². The van der Waals surface area contributed by atoms with Crippen molar-refractivity contribution in [3.63, 3.8) is 0 Å². The van der Waals surface area contributed by atoms with Gasteiger partial charge in [-0.25, -0.2) is 4.39 Å². The van der Waals surface area contributed by atoms with Crippen molar-refractivity contribution in [1.82, 2.24) is 15.2 Å². The van der Waals surface area contributed by atoms with Crippen molar-refractivity contribution < 1.29 is 33.3 Å². The Hall–Kier alpha value is -3.29. The maximum atomic E-state index is 12.8. The van der Waals surface area contributed by atoms with Crippen molar-refractivity contribution in [2.24, 2.45) is 0 Å². The number of aromatic nitrogens is 3. The molecule has 0 unspecified atom stereocenters. The van der Waals surface area contributed by atoms with Crippen molar-refractivity contribution >= 4 is 5.84 Å². The summed E-state index contributed by atoms with van der Waals surface area (Å²) in [5.41, 5.74) is 8.37. The Morgan fingerprint density at radius 1 is 0.931 bits per heavy atom. The second-order valence-corrected chi connectivity index (χ2v) is 5.43. The normalized spacial score (nSPS) is 9.72. The first kappa shape index (κ1) is 22.0. The number of pyridine rings is 1. The van der Waals surface area contributed by atoms with Gasteiger partial charge in [0.1, 0.15) is 5.82 Å². The van der Waals surface area contributed by atoms with Gasteiger partial charge < -0.3 is 15.6 Å². The average molecular weight is 570 g/mol. The van der Waals surface area contributed by atoms with Crippen LogP contribution < -0.4 is 0 Å². The number of nitrogens with one attached hydrogen (secondary N) is 2. The number of hydrogen-bond acceptors (Lipinski definition) is 5. The van der Waals surface area contributed by atoms with Crippen molar-refractivity contribution in [2.75, 3.05) is 0 Å². The van der Waals surface area contributed by atoms with Crippen LogP contribution in [0.4, 0.5) is 8.78 Å². The zero-order valence-corrected chi connectivity index (χ0v) is 17.1. The summed E-state index contributed by atoms with van der Waals surface area (Å²) < 4.78 is 31.0. The Kier molecular flexibility index (Phi) is 7.82. The van der Waals surface area contributed by atoms with E-state index in [4.69, 9.17) is 15.6 Å². The summed E-state index contributed by atoms with van der Waals surface area (Å²) in [6.07, 6.45) is 1.57. The van der Waals surface area contributed by atoms with Crippen LogP contribution in [-0.2, 0) is 20.1 Å². The van der Waals surface area contributed by atoms with Crippen LogP contribution in [0.5, 0.6) is 0 Å². The summed E-state index contributed by atoms with van der Waals surface area (Å²) >= 11 is 0. The topological polar surface area (TPSA) is 99.5 Å². The van der Waals surface area contributed by atoms with Gasteiger partial charge in [0, 0.05) is 37.7 Å². The molecule has 2 aromatic heterocycles. The maximum Gasteiger partial charge on any atom is 0.237 e. The summed E-state index contributed by atoms with van der Waals surface area (Å²) in [5, 5.41) is 14.6. The van der Waals surface area contributed by atoms with E-state index in [0.717, 1.165) is 0 Å². The SMILES string of the molecule is Fc1c[c-]c(-c2nnc(-c3ccc(F)cc3)o2)cc1.N=C([NH-])c1ccccn1.[Ir]. The fourth-order valence-corrected chi connectivity index (χ4v) is 2.09. The fourth-order valence-electron chi connectivity index (χ4n) is 2.09. The molecule has 149 valence electrons. The first-order valence-electron chi connectivity index (χ1n) is 8.01. The molecule has 0 saturated carbocycles. The first-order valence-corrected chi connectivity index (χ1v) is 8.01. The Labute approximate surface area is 178 Å². The number of halogens is 2. The second-order valence-electron chi connectivity index (χ2n) is 5.43. The predicted molar refractivity (Wildman–Crippen MR) is 99.3 cm³/mol. The average Bonchev–Trinajstić information content (AvgIpc) is 3.20. The number of rotatable bonds is 3. The van der Waals surface area contributed by atoms with Crippen LogP contribution in [0.25, 0.3) is 28.6 Å². The third kappa shape index (κ3) is 6.10. The standard InChI is InChI=1S/C14H7F2N2O.C6H6N3.Ir/c15-11-5-1-9(2-6-11)13-17-18-14(19-13)10-3-7-12(16)8-4-10;7-6(8)5-3-1-2-4-9-5;/h1-3,5-8H;1-4H,(H2-,7,8);/q2*-1;. The maximum absolute atomic E-state index is 12.8. The number of nitrogens with zero attached hydrogens (tertiary/aromatic N) is 3. The predicted octanol–water partition coefficient (Wildman–Crippen LogP) is 4.94. The Morgan fingerprint density at radius 3 is 2.17 bits per heavy atom. The number of benzene rings is 2. The van der Waals surface area contributed by atoms with Crippen LogP contribution in [0.3, 0.4) is 0 Å². The van der Waals surface area contributed by atoms with Crippen LogP contribution >= 0.6 is 0 Å². The largest absolute Gasteiger partial charge is 0.481 e. The Balaban J connectivity index is 0.000000255. The summed E-state index contributed by atoms with van der Waals surface area (Å²) in [5.74, 6) is -0.458. The number of amidine groups is 1. The summed E-state index contributed by atoms with van der Waals surface area (Å²) in [6.45, 7) is 0. The van der Waals surface area contributed by atoms with Crippen molar-refractivity contribution in [1.29, 1.82) is 5.41 Å². The zero-order valence-electron chi connectivity index (χ0n) is 14.7. The van der Waals surface area contributed by atoms with Gasteiger partial charge >= 0.3 is 0 Å². The van der Waals surface area contributed by atoms with Gasteiger partial charge in [-0.1, -0.05) is 11.6 Å². The van der Waals surface area contributed by atoms with Crippen molar-refractivity contribution in [2.45, 2.75) is 0 Å². The van der Waals surface area contributed by atoms with Gasteiger partial charge in [0.25, 0.3) is 0 Å². The molecule has 1 radical (unpaired) electrons. The van der Waals surface area contributed by atoms with Gasteiger partial charge in [-0.05, 0) is 42.2 Å². The molecule has 2 aromatic carbocycles. The molecule has 6 nitrogen and oxygen atoms in total. The second kappa shape index (κ2) is 10.3. The van der Waals surface area contributed by atoms with Crippen LogP contribution in [0.1, 0.15) is 5.69 Å². The monoisotopic (exact) mass is 570 g/mol. The first-order chi connectivity index (χ1) is 13.5. The molecule has 0 aliphatic carbocycles. The Morgan fingerprint density at radius 2 is 1.62 bits per heavy atom. The molecule has 0 fully saturated rings. The quantitative estimate of drug-likeness (QED) is 0.215. The molecule has 0 bridgehead atoms. The Bertz CT molecular complexity index is 994. The minimum Gasteiger partial charge on any atom is -0.481 e. The summed E-state index contributed by atoms with van der Waals surface area (Å²) in [7, 11) is 0. The molecule has 0 aliphatic rings. The van der Waals surface area contributed by atoms with Gasteiger partial charge in [-0.3, -0.25) is 9.37 Å². The van der Waals surface area contributed by atoms with E-state index in [2.05, 4.69) is 21.2 Å². The molecule has 0 spiro atoms. The van der Waals surface area contributed by atoms with Gasteiger partial charge in [0.2, 0.25) is 5.89 Å². The van der Waals surface area contributed by atoms with Crippen molar-refractivity contribution in [3.05, 3.63) is 96.0 Å². The molecule has 9 heteroatoms. The van der Waals surface area contributed by atoms with Crippen LogP contribution in [0.2, 0.25) is 0 Å². The van der Waals surface area contributed by atoms with Crippen molar-refractivity contribution in [3.8, 4) is 22.9 Å². The van der Waals surface area contributed by atoms with Gasteiger partial charge in [-0.15, -0.1) is 29.4 Å². The third-order valence-electron chi connectivity index (χ3n) is 3.44. The van der Waals surface area contributed by atoms with Gasteiger partial charge in [0.05, 0.1) is 5.69 Å². The molecular weight excluding hydrogens is 556 g/mol. The molecule has 4 rings (SSSR count). The fraction of sp³-hybridized carbons (Fsp3) is 0. The molecule has 29 heavy (non-hydrogen) atoms. The summed E-state index contributed by atoms with van der Waals surface area (Å²) in [4.78, 5) is 3.77. The smallest absolute Gasteiger partial charge is 0.237 e. The molecule has 2 heterocycles. The van der Waals surface area contributed by atoms with Crippen LogP contribution in [-0.4, -0.2) is 21.0 Å². The van der Waals surface area contributed by atoms with E-state index in [0.29, 0.717) is 16.8 Å². The number of hydrogen-bond donors (Lipinski definition) is 1. The van der Waals surface area contributed by atoms with Gasteiger partial charge in [0.15, 0.2) is 5.89 Å². The third-order valence-corrected chi connectivity index (χ3v) is 3.44. The van der Waals surface area contributed by atoms with Gasteiger partial charge in [-0.2, -0.15) is 5.10 Å².